The third kappa shape index (κ3) is 3.71. The van der Waals surface area contributed by atoms with Gasteiger partial charge in [0, 0.05) is 5.69 Å². The molecule has 0 aromatic heterocycles. The predicted molar refractivity (Wildman–Crippen MR) is 76.6 cm³/mol. The molecule has 0 radical (unpaired) electrons. The van der Waals surface area contributed by atoms with Gasteiger partial charge in [0.1, 0.15) is 11.6 Å². The molecule has 1 atom stereocenters. The van der Waals surface area contributed by atoms with E-state index in [4.69, 9.17) is 16.3 Å². The van der Waals surface area contributed by atoms with Crippen LogP contribution in [0.4, 0.5) is 10.1 Å². The van der Waals surface area contributed by atoms with Gasteiger partial charge in [-0.1, -0.05) is 29.8 Å². The second-order valence-corrected chi connectivity index (χ2v) is 4.60. The zero-order valence-corrected chi connectivity index (χ0v) is 11.5. The summed E-state index contributed by atoms with van der Waals surface area (Å²) in [6.07, 6.45) is -0.679. The first-order valence-corrected chi connectivity index (χ1v) is 6.41. The lowest BCUT2D eigenvalue weighted by atomic mass is 10.3. The van der Waals surface area contributed by atoms with E-state index >= 15 is 0 Å². The second-order valence-electron chi connectivity index (χ2n) is 4.19. The van der Waals surface area contributed by atoms with Crippen LogP contribution in [0.15, 0.2) is 48.5 Å². The number of hydrogen-bond donors (Lipinski definition) is 1. The fourth-order valence-corrected chi connectivity index (χ4v) is 1.76. The van der Waals surface area contributed by atoms with Gasteiger partial charge < -0.3 is 10.1 Å². The summed E-state index contributed by atoms with van der Waals surface area (Å²) in [5.74, 6) is -0.262. The fourth-order valence-electron chi connectivity index (χ4n) is 1.57. The number of anilines is 1. The Morgan fingerprint density at radius 3 is 2.60 bits per heavy atom. The predicted octanol–water partition coefficient (Wildman–Crippen LogP) is 3.89. The standard InChI is InChI=1S/C15H13ClFNO2/c1-10(20-12-5-3-2-4-6-12)15(19)18-11-7-8-14(17)13(16)9-11/h2-10H,1H3,(H,18,19)/t10-/m1/s1. The first-order chi connectivity index (χ1) is 9.56. The monoisotopic (exact) mass is 293 g/mol. The number of amides is 1. The van der Waals surface area contributed by atoms with E-state index in [0.29, 0.717) is 11.4 Å². The lowest BCUT2D eigenvalue weighted by molar-refractivity contribution is -0.122. The SMILES string of the molecule is C[C@@H](Oc1ccccc1)C(=O)Nc1ccc(F)c(Cl)c1. The number of carbonyl (C=O) groups excluding carboxylic acids is 1. The molecule has 0 fully saturated rings. The van der Waals surface area contributed by atoms with Gasteiger partial charge in [-0.2, -0.15) is 0 Å². The number of ether oxygens (including phenoxy) is 1. The summed E-state index contributed by atoms with van der Waals surface area (Å²) in [6.45, 7) is 1.63. The number of rotatable bonds is 4. The topological polar surface area (TPSA) is 38.3 Å². The van der Waals surface area contributed by atoms with Gasteiger partial charge in [0.2, 0.25) is 0 Å². The molecule has 0 unspecified atom stereocenters. The van der Waals surface area contributed by atoms with Crippen molar-refractivity contribution in [3.63, 3.8) is 0 Å². The molecule has 0 spiro atoms. The maximum Gasteiger partial charge on any atom is 0.265 e. The van der Waals surface area contributed by atoms with E-state index < -0.39 is 11.9 Å². The molecular weight excluding hydrogens is 281 g/mol. The van der Waals surface area contributed by atoms with Crippen LogP contribution in [0.3, 0.4) is 0 Å². The van der Waals surface area contributed by atoms with Crippen molar-refractivity contribution in [1.29, 1.82) is 0 Å². The minimum atomic E-state index is -0.679. The van der Waals surface area contributed by atoms with Gasteiger partial charge in [-0.3, -0.25) is 4.79 Å². The van der Waals surface area contributed by atoms with E-state index in [2.05, 4.69) is 5.32 Å². The summed E-state index contributed by atoms with van der Waals surface area (Å²) in [5.41, 5.74) is 0.421. The van der Waals surface area contributed by atoms with Crippen LogP contribution in [-0.4, -0.2) is 12.0 Å². The number of para-hydroxylation sites is 1. The fraction of sp³-hybridized carbons (Fsp3) is 0.133. The van der Waals surface area contributed by atoms with Crippen molar-refractivity contribution in [2.24, 2.45) is 0 Å². The first kappa shape index (κ1) is 14.3. The molecule has 1 amide bonds. The van der Waals surface area contributed by atoms with Crippen LogP contribution in [0.25, 0.3) is 0 Å². The Kier molecular flexibility index (Phi) is 4.58. The van der Waals surface area contributed by atoms with Crippen molar-refractivity contribution >= 4 is 23.2 Å². The molecule has 0 aliphatic heterocycles. The number of halogens is 2. The molecule has 20 heavy (non-hydrogen) atoms. The second kappa shape index (κ2) is 6.39. The molecule has 0 heterocycles. The van der Waals surface area contributed by atoms with Crippen molar-refractivity contribution in [2.75, 3.05) is 5.32 Å². The lowest BCUT2D eigenvalue weighted by Gasteiger charge is -2.14. The van der Waals surface area contributed by atoms with Crippen molar-refractivity contribution in [2.45, 2.75) is 13.0 Å². The minimum Gasteiger partial charge on any atom is -0.481 e. The van der Waals surface area contributed by atoms with Gasteiger partial charge in [0.25, 0.3) is 5.91 Å². The molecule has 104 valence electrons. The summed E-state index contributed by atoms with van der Waals surface area (Å²) in [5, 5.41) is 2.57. The van der Waals surface area contributed by atoms with Crippen LogP contribution in [0, 0.1) is 5.82 Å². The third-order valence-corrected chi connectivity index (χ3v) is 2.90. The molecule has 0 bridgehead atoms. The molecule has 0 aliphatic carbocycles. The highest BCUT2D eigenvalue weighted by Crippen LogP contribution is 2.20. The molecule has 2 rings (SSSR count). The first-order valence-electron chi connectivity index (χ1n) is 6.04. The summed E-state index contributed by atoms with van der Waals surface area (Å²) in [4.78, 5) is 11.9. The normalized spacial score (nSPS) is 11.8. The Labute approximate surface area is 121 Å². The van der Waals surface area contributed by atoms with E-state index in [1.807, 2.05) is 18.2 Å². The van der Waals surface area contributed by atoms with Crippen LogP contribution in [0.2, 0.25) is 5.02 Å². The summed E-state index contributed by atoms with van der Waals surface area (Å²) in [6, 6.07) is 13.0. The highest BCUT2D eigenvalue weighted by molar-refractivity contribution is 6.31. The van der Waals surface area contributed by atoms with Gasteiger partial charge in [0.15, 0.2) is 6.10 Å². The molecular formula is C15H13ClFNO2. The van der Waals surface area contributed by atoms with Crippen molar-refractivity contribution < 1.29 is 13.9 Å². The van der Waals surface area contributed by atoms with Crippen LogP contribution >= 0.6 is 11.6 Å². The Morgan fingerprint density at radius 2 is 1.95 bits per heavy atom. The van der Waals surface area contributed by atoms with Crippen LogP contribution < -0.4 is 10.1 Å². The number of hydrogen-bond acceptors (Lipinski definition) is 2. The van der Waals surface area contributed by atoms with Crippen LogP contribution in [-0.2, 0) is 4.79 Å². The molecule has 5 heteroatoms. The van der Waals surface area contributed by atoms with Gasteiger partial charge >= 0.3 is 0 Å². The highest BCUT2D eigenvalue weighted by atomic mass is 35.5. The smallest absolute Gasteiger partial charge is 0.265 e. The van der Waals surface area contributed by atoms with Crippen molar-refractivity contribution in [1.82, 2.24) is 0 Å². The van der Waals surface area contributed by atoms with Crippen LogP contribution in [0.5, 0.6) is 5.75 Å². The maximum atomic E-state index is 13.0. The molecule has 2 aromatic carbocycles. The maximum absolute atomic E-state index is 13.0. The minimum absolute atomic E-state index is 0.0422. The molecule has 0 aliphatic rings. The van der Waals surface area contributed by atoms with Gasteiger partial charge in [-0.05, 0) is 37.3 Å². The Balaban J connectivity index is 1.99. The Hall–Kier alpha value is -2.07. The Bertz CT molecular complexity index is 604. The van der Waals surface area contributed by atoms with Gasteiger partial charge in [0.05, 0.1) is 5.02 Å². The molecule has 3 nitrogen and oxygen atoms in total. The van der Waals surface area contributed by atoms with Gasteiger partial charge in [-0.15, -0.1) is 0 Å². The summed E-state index contributed by atoms with van der Waals surface area (Å²) in [7, 11) is 0. The lowest BCUT2D eigenvalue weighted by Crippen LogP contribution is -2.30. The van der Waals surface area contributed by atoms with E-state index in [1.165, 1.54) is 18.2 Å². The van der Waals surface area contributed by atoms with E-state index in [0.717, 1.165) is 0 Å². The summed E-state index contributed by atoms with van der Waals surface area (Å²) >= 11 is 5.65. The van der Waals surface area contributed by atoms with Crippen molar-refractivity contribution in [3.05, 3.63) is 59.4 Å². The van der Waals surface area contributed by atoms with Gasteiger partial charge in [-0.25, -0.2) is 4.39 Å². The third-order valence-electron chi connectivity index (χ3n) is 2.61. The van der Waals surface area contributed by atoms with E-state index in [1.54, 1.807) is 19.1 Å². The molecule has 2 aromatic rings. The molecule has 1 N–H and O–H groups in total. The number of nitrogens with one attached hydrogen (secondary N) is 1. The van der Waals surface area contributed by atoms with E-state index in [9.17, 15) is 9.18 Å². The average Bonchev–Trinajstić information content (AvgIpc) is 2.44. The average molecular weight is 294 g/mol. The number of benzene rings is 2. The zero-order chi connectivity index (χ0) is 14.5. The molecule has 0 saturated heterocycles. The van der Waals surface area contributed by atoms with Crippen molar-refractivity contribution in [3.8, 4) is 5.75 Å². The Morgan fingerprint density at radius 1 is 1.25 bits per heavy atom. The van der Waals surface area contributed by atoms with Crippen LogP contribution in [0.1, 0.15) is 6.92 Å². The molecule has 0 saturated carbocycles. The van der Waals surface area contributed by atoms with E-state index in [-0.39, 0.29) is 10.9 Å². The zero-order valence-electron chi connectivity index (χ0n) is 10.8. The summed E-state index contributed by atoms with van der Waals surface area (Å²) < 4.78 is 18.5. The quantitative estimate of drug-likeness (QED) is 0.929. The highest BCUT2D eigenvalue weighted by Gasteiger charge is 2.15. The number of carbonyl (C=O) groups is 1. The largest absolute Gasteiger partial charge is 0.481 e.